The van der Waals surface area contributed by atoms with Gasteiger partial charge in [0.25, 0.3) is 5.91 Å². The molecule has 2 fully saturated rings. The maximum Gasteiger partial charge on any atom is 0.255 e. The number of carbonyl (C=O) groups excluding carboxylic acids is 2. The average Bonchev–Trinajstić information content (AvgIpc) is 3.60. The number of aromatic nitrogens is 1. The lowest BCUT2D eigenvalue weighted by molar-refractivity contribution is -0.117. The number of hydrogen-bond acceptors (Lipinski definition) is 4. The molecule has 3 aliphatic rings. The number of fused-ring (bicyclic) bond motifs is 1. The van der Waals surface area contributed by atoms with E-state index in [9.17, 15) is 9.59 Å². The molecule has 0 radical (unpaired) electrons. The van der Waals surface area contributed by atoms with Crippen LogP contribution >= 0.6 is 0 Å². The van der Waals surface area contributed by atoms with Crippen LogP contribution in [-0.4, -0.2) is 47.9 Å². The highest BCUT2D eigenvalue weighted by Crippen LogP contribution is 2.35. The third-order valence-electron chi connectivity index (χ3n) is 6.52. The van der Waals surface area contributed by atoms with E-state index in [0.717, 1.165) is 44.6 Å². The van der Waals surface area contributed by atoms with Crippen LogP contribution in [0.25, 0.3) is 0 Å². The number of nitrogens with one attached hydrogen (secondary N) is 1. The lowest BCUT2D eigenvalue weighted by Crippen LogP contribution is -2.42. The van der Waals surface area contributed by atoms with E-state index in [4.69, 9.17) is 0 Å². The third kappa shape index (κ3) is 4.04. The van der Waals surface area contributed by atoms with E-state index in [0.29, 0.717) is 23.2 Å². The number of anilines is 2. The zero-order valence-electron chi connectivity index (χ0n) is 17.2. The number of rotatable bonds is 5. The molecule has 6 heteroatoms. The fourth-order valence-electron chi connectivity index (χ4n) is 4.53. The molecule has 0 spiro atoms. The van der Waals surface area contributed by atoms with Crippen molar-refractivity contribution in [2.75, 3.05) is 36.4 Å². The number of benzene rings is 1. The third-order valence-corrected chi connectivity index (χ3v) is 6.52. The van der Waals surface area contributed by atoms with Crippen LogP contribution in [-0.2, 0) is 11.2 Å². The standard InChI is InChI=1S/C24H28N4O2/c29-22-15-26-23-21(28(22)16-19-6-7-19)13-20(14-25-23)24(30)27-10-8-18(9-11-27)12-17-4-2-1-3-5-17/h1-5,13-14,18-19H,6-12,15-16H2,(H,25,26). The summed E-state index contributed by atoms with van der Waals surface area (Å²) in [6.07, 6.45) is 7.12. The molecule has 30 heavy (non-hydrogen) atoms. The van der Waals surface area contributed by atoms with Gasteiger partial charge >= 0.3 is 0 Å². The average molecular weight is 405 g/mol. The Bertz CT molecular complexity index is 933. The van der Waals surface area contributed by atoms with Gasteiger partial charge in [-0.3, -0.25) is 9.59 Å². The van der Waals surface area contributed by atoms with Gasteiger partial charge in [0, 0.05) is 25.8 Å². The molecule has 5 rings (SSSR count). The summed E-state index contributed by atoms with van der Waals surface area (Å²) in [6, 6.07) is 12.4. The Morgan fingerprint density at radius 3 is 2.57 bits per heavy atom. The largest absolute Gasteiger partial charge is 0.359 e. The molecule has 0 atom stereocenters. The molecule has 2 aliphatic heterocycles. The molecule has 1 saturated carbocycles. The van der Waals surface area contributed by atoms with Crippen LogP contribution in [0.1, 0.15) is 41.6 Å². The molecule has 1 aliphatic carbocycles. The highest BCUT2D eigenvalue weighted by atomic mass is 16.2. The highest BCUT2D eigenvalue weighted by molar-refractivity contribution is 6.04. The molecule has 2 amide bonds. The van der Waals surface area contributed by atoms with E-state index in [1.807, 2.05) is 21.9 Å². The molecule has 0 unspecified atom stereocenters. The van der Waals surface area contributed by atoms with Crippen LogP contribution in [0.5, 0.6) is 0 Å². The maximum absolute atomic E-state index is 13.1. The lowest BCUT2D eigenvalue weighted by atomic mass is 9.90. The van der Waals surface area contributed by atoms with Crippen molar-refractivity contribution in [3.63, 3.8) is 0 Å². The first-order chi connectivity index (χ1) is 14.7. The van der Waals surface area contributed by atoms with Crippen molar-refractivity contribution >= 4 is 23.3 Å². The van der Waals surface area contributed by atoms with Gasteiger partial charge in [-0.05, 0) is 55.6 Å². The summed E-state index contributed by atoms with van der Waals surface area (Å²) in [7, 11) is 0. The summed E-state index contributed by atoms with van der Waals surface area (Å²) in [6.45, 7) is 2.55. The number of pyridine rings is 1. The predicted octanol–water partition coefficient (Wildman–Crippen LogP) is 3.35. The first-order valence-electron chi connectivity index (χ1n) is 11.0. The number of nitrogens with zero attached hydrogens (tertiary/aromatic N) is 3. The molecular formula is C24H28N4O2. The summed E-state index contributed by atoms with van der Waals surface area (Å²) >= 11 is 0. The Morgan fingerprint density at radius 2 is 1.83 bits per heavy atom. The predicted molar refractivity (Wildman–Crippen MR) is 117 cm³/mol. The summed E-state index contributed by atoms with van der Waals surface area (Å²) in [5.41, 5.74) is 2.70. The molecule has 3 heterocycles. The number of likely N-dealkylation sites (tertiary alicyclic amines) is 1. The minimum absolute atomic E-state index is 0.0212. The minimum atomic E-state index is 0.0212. The smallest absolute Gasteiger partial charge is 0.255 e. The van der Waals surface area contributed by atoms with Gasteiger partial charge < -0.3 is 15.1 Å². The highest BCUT2D eigenvalue weighted by Gasteiger charge is 2.32. The second-order valence-corrected chi connectivity index (χ2v) is 8.82. The fourth-order valence-corrected chi connectivity index (χ4v) is 4.53. The van der Waals surface area contributed by atoms with Crippen molar-refractivity contribution in [2.45, 2.75) is 32.1 Å². The Labute approximate surface area is 177 Å². The van der Waals surface area contributed by atoms with Crippen molar-refractivity contribution in [1.82, 2.24) is 9.88 Å². The zero-order chi connectivity index (χ0) is 20.5. The SMILES string of the molecule is O=C(c1cnc2c(c1)N(CC1CC1)C(=O)CN2)N1CCC(Cc2ccccc2)CC1. The first kappa shape index (κ1) is 19.1. The van der Waals surface area contributed by atoms with Crippen molar-refractivity contribution in [1.29, 1.82) is 0 Å². The number of amides is 2. The van der Waals surface area contributed by atoms with Crippen LogP contribution in [0.3, 0.4) is 0 Å². The van der Waals surface area contributed by atoms with Gasteiger partial charge in [-0.1, -0.05) is 30.3 Å². The number of carbonyl (C=O) groups is 2. The molecule has 6 nitrogen and oxygen atoms in total. The Morgan fingerprint density at radius 1 is 1.07 bits per heavy atom. The molecule has 156 valence electrons. The molecule has 1 N–H and O–H groups in total. The van der Waals surface area contributed by atoms with Crippen molar-refractivity contribution < 1.29 is 9.59 Å². The van der Waals surface area contributed by atoms with Crippen molar-refractivity contribution in [2.24, 2.45) is 11.8 Å². The van der Waals surface area contributed by atoms with Crippen LogP contribution in [0.2, 0.25) is 0 Å². The van der Waals surface area contributed by atoms with Gasteiger partial charge in [0.15, 0.2) is 0 Å². The lowest BCUT2D eigenvalue weighted by Gasteiger charge is -2.33. The van der Waals surface area contributed by atoms with E-state index in [1.165, 1.54) is 18.4 Å². The minimum Gasteiger partial charge on any atom is -0.359 e. The molecule has 2 aromatic rings. The van der Waals surface area contributed by atoms with Crippen molar-refractivity contribution in [3.05, 3.63) is 53.7 Å². The second-order valence-electron chi connectivity index (χ2n) is 8.82. The van der Waals surface area contributed by atoms with Crippen LogP contribution < -0.4 is 10.2 Å². The normalized spacial score (nSPS) is 19.4. The van der Waals surface area contributed by atoms with Gasteiger partial charge in [0.1, 0.15) is 5.82 Å². The van der Waals surface area contributed by atoms with E-state index < -0.39 is 0 Å². The van der Waals surface area contributed by atoms with E-state index in [1.54, 1.807) is 6.20 Å². The van der Waals surface area contributed by atoms with Crippen LogP contribution in [0.4, 0.5) is 11.5 Å². The molecule has 1 aromatic carbocycles. The van der Waals surface area contributed by atoms with E-state index in [-0.39, 0.29) is 18.4 Å². The quantitative estimate of drug-likeness (QED) is 0.830. The van der Waals surface area contributed by atoms with Crippen molar-refractivity contribution in [3.8, 4) is 0 Å². The Balaban J connectivity index is 1.25. The Kier molecular flexibility index (Phi) is 5.15. The van der Waals surface area contributed by atoms with Gasteiger partial charge in [-0.15, -0.1) is 0 Å². The molecule has 1 saturated heterocycles. The first-order valence-corrected chi connectivity index (χ1v) is 11.0. The molecular weight excluding hydrogens is 376 g/mol. The van der Waals surface area contributed by atoms with E-state index in [2.05, 4.69) is 34.6 Å². The summed E-state index contributed by atoms with van der Waals surface area (Å²) < 4.78 is 0. The van der Waals surface area contributed by atoms with Gasteiger partial charge in [0.05, 0.1) is 17.8 Å². The van der Waals surface area contributed by atoms with E-state index >= 15 is 0 Å². The summed E-state index contributed by atoms with van der Waals surface area (Å²) in [4.78, 5) is 33.8. The second kappa shape index (κ2) is 8.09. The monoisotopic (exact) mass is 404 g/mol. The van der Waals surface area contributed by atoms with Gasteiger partial charge in [-0.2, -0.15) is 0 Å². The topological polar surface area (TPSA) is 65.5 Å². The van der Waals surface area contributed by atoms with Crippen LogP contribution in [0.15, 0.2) is 42.6 Å². The van der Waals surface area contributed by atoms with Gasteiger partial charge in [-0.25, -0.2) is 4.98 Å². The summed E-state index contributed by atoms with van der Waals surface area (Å²) in [5, 5.41) is 3.08. The maximum atomic E-state index is 13.1. The number of piperidine rings is 1. The Hall–Kier alpha value is -2.89. The molecule has 1 aromatic heterocycles. The zero-order valence-corrected chi connectivity index (χ0v) is 17.2. The molecule has 0 bridgehead atoms. The summed E-state index contributed by atoms with van der Waals surface area (Å²) in [5.74, 6) is 1.99. The number of hydrogen-bond donors (Lipinski definition) is 1. The fraction of sp³-hybridized carbons (Fsp3) is 0.458. The van der Waals surface area contributed by atoms with Gasteiger partial charge in [0.2, 0.25) is 5.91 Å². The van der Waals surface area contributed by atoms with Crippen LogP contribution in [0, 0.1) is 11.8 Å².